The smallest absolute Gasteiger partial charge is 0.346 e. The molecule has 2 N–H and O–H groups in total. The van der Waals surface area contributed by atoms with E-state index in [0.717, 1.165) is 11.8 Å². The molecule has 17 heteroatoms. The Morgan fingerprint density at radius 3 is 1.80 bits per heavy atom. The fourth-order valence-corrected chi connectivity index (χ4v) is 7.85. The molecule has 0 saturated carbocycles. The van der Waals surface area contributed by atoms with Crippen molar-refractivity contribution in [3.05, 3.63) is 39.5 Å². The molecule has 0 aliphatic rings. The molecule has 0 bridgehead atoms. The molecule has 0 radical (unpaired) electrons. The molecular weight excluding hydrogens is 845 g/mol. The zero-order valence-corrected chi connectivity index (χ0v) is 24.7. The second-order valence-corrected chi connectivity index (χ2v) is 11.2. The maximum absolute atomic E-state index is 14.4. The average Bonchev–Trinajstić information content (AvgIpc) is 2.71. The fraction of sp³-hybridized carbons (Fsp3) is 0.167. The van der Waals surface area contributed by atoms with Crippen molar-refractivity contribution in [2.24, 2.45) is 0 Å². The van der Waals surface area contributed by atoms with E-state index in [2.05, 4.69) is 10.1 Å². The predicted octanol–water partition coefficient (Wildman–Crippen LogP) is 4.46. The van der Waals surface area contributed by atoms with Crippen molar-refractivity contribution in [1.82, 2.24) is 0 Å². The zero-order chi connectivity index (χ0) is 27.2. The van der Waals surface area contributed by atoms with E-state index in [1.165, 1.54) is 14.0 Å². The Bertz CT molecular complexity index is 1370. The third-order valence-electron chi connectivity index (χ3n) is 4.24. The summed E-state index contributed by atoms with van der Waals surface area (Å²) in [6.45, 7) is 2.36. The molecule has 0 fully saturated rings. The largest absolute Gasteiger partial charge is 0.416 e. The molecule has 2 rings (SSSR count). The lowest BCUT2D eigenvalue weighted by molar-refractivity contribution is -0.116. The molecule has 2 amide bonds. The first kappa shape index (κ1) is 29.9. The summed E-state index contributed by atoms with van der Waals surface area (Å²) in [7, 11) is -4.37. The molecule has 0 aromatic heterocycles. The van der Waals surface area contributed by atoms with Crippen LogP contribution in [0.1, 0.15) is 24.2 Å². The highest BCUT2D eigenvalue weighted by atomic mass is 127. The maximum atomic E-state index is 14.4. The number of rotatable bonds is 5. The highest BCUT2D eigenvalue weighted by molar-refractivity contribution is 14.1. The van der Waals surface area contributed by atoms with Crippen molar-refractivity contribution in [1.29, 1.82) is 0 Å². The van der Waals surface area contributed by atoms with Gasteiger partial charge in [-0.3, -0.25) is 14.1 Å². The molecule has 190 valence electrons. The van der Waals surface area contributed by atoms with Crippen LogP contribution in [0.5, 0.6) is 5.75 Å². The fourth-order valence-electron chi connectivity index (χ4n) is 2.62. The van der Waals surface area contributed by atoms with Gasteiger partial charge in [0.05, 0.1) is 27.6 Å². The lowest BCUT2D eigenvalue weighted by Crippen LogP contribution is -2.28. The van der Waals surface area contributed by atoms with Gasteiger partial charge in [-0.2, -0.15) is 17.2 Å². The van der Waals surface area contributed by atoms with Gasteiger partial charge in [-0.1, -0.05) is 0 Å². The van der Waals surface area contributed by atoms with Gasteiger partial charge >= 0.3 is 16.1 Å². The highest BCUT2D eigenvalue weighted by Gasteiger charge is 2.36. The second-order valence-electron chi connectivity index (χ2n) is 6.58. The van der Waals surface area contributed by atoms with Gasteiger partial charge in [0.15, 0.2) is 16.5 Å². The minimum atomic E-state index is -5.72. The summed E-state index contributed by atoms with van der Waals surface area (Å²) in [5.74, 6) is -14.4. The Kier molecular flexibility index (Phi) is 9.37. The van der Waals surface area contributed by atoms with Gasteiger partial charge in [-0.05, 0) is 67.8 Å². The Balaban J connectivity index is 2.82. The lowest BCUT2D eigenvalue weighted by Gasteiger charge is -2.24. The number of esters is 1. The first-order valence-electron chi connectivity index (χ1n) is 8.71. The number of benzene rings is 2. The van der Waals surface area contributed by atoms with E-state index in [-0.39, 0.29) is 18.5 Å². The minimum Gasteiger partial charge on any atom is -0.416 e. The van der Waals surface area contributed by atoms with Crippen molar-refractivity contribution in [3.63, 3.8) is 0 Å². The van der Waals surface area contributed by atoms with Crippen LogP contribution in [0.3, 0.4) is 0 Å². The van der Waals surface area contributed by atoms with E-state index in [1.807, 2.05) is 0 Å². The van der Waals surface area contributed by atoms with Crippen molar-refractivity contribution in [3.8, 4) is 5.75 Å². The van der Waals surface area contributed by atoms with E-state index in [1.54, 1.807) is 67.8 Å². The van der Waals surface area contributed by atoms with Gasteiger partial charge in [-0.25, -0.2) is 13.6 Å². The topological polar surface area (TPSA) is 130 Å². The number of anilines is 2. The van der Waals surface area contributed by atoms with Crippen molar-refractivity contribution in [2.45, 2.75) is 18.7 Å². The van der Waals surface area contributed by atoms with Crippen LogP contribution in [0.2, 0.25) is 0 Å². The lowest BCUT2D eigenvalue weighted by atomic mass is 10.1. The molecule has 0 aliphatic heterocycles. The average molecular weight is 856 g/mol. The highest BCUT2D eigenvalue weighted by Crippen LogP contribution is 2.41. The van der Waals surface area contributed by atoms with Crippen LogP contribution in [-0.4, -0.2) is 37.8 Å². The van der Waals surface area contributed by atoms with Crippen LogP contribution >= 0.6 is 67.8 Å². The number of hydrogen-bond donors (Lipinski definition) is 2. The molecule has 0 saturated heterocycles. The molecule has 35 heavy (non-hydrogen) atoms. The summed E-state index contributed by atoms with van der Waals surface area (Å²) in [4.78, 5) is 35.5. The van der Waals surface area contributed by atoms with Crippen LogP contribution < -0.4 is 15.0 Å². The maximum Gasteiger partial charge on any atom is 0.346 e. The number of carbonyl (C=O) groups excluding carboxylic acids is 3. The summed E-state index contributed by atoms with van der Waals surface area (Å²) in [5.41, 5.74) is -0.291. The van der Waals surface area contributed by atoms with Crippen LogP contribution in [0.15, 0.2) is 4.90 Å². The summed E-state index contributed by atoms with van der Waals surface area (Å²) < 4.78 is 93.0. The normalized spacial score (nSPS) is 11.3. The molecule has 0 unspecified atom stereocenters. The monoisotopic (exact) mass is 856 g/mol. The van der Waals surface area contributed by atoms with E-state index < -0.39 is 67.4 Å². The van der Waals surface area contributed by atoms with Crippen molar-refractivity contribution in [2.75, 3.05) is 17.3 Å². The van der Waals surface area contributed by atoms with Crippen LogP contribution in [0.25, 0.3) is 0 Å². The third-order valence-corrected chi connectivity index (χ3v) is 8.30. The van der Waals surface area contributed by atoms with E-state index in [4.69, 9.17) is 4.55 Å². The Morgan fingerprint density at radius 1 is 0.914 bits per heavy atom. The van der Waals surface area contributed by atoms with Crippen molar-refractivity contribution >= 4 is 107 Å². The summed E-state index contributed by atoms with van der Waals surface area (Å²) in [6, 6.07) is 0. The SMILES string of the molecule is CC(=O)Nc1c(I)c(C(=O)Oc2c(F)c(F)c(S(=O)(=O)O)c(F)c2F)c(I)c(N(C)C(C)=O)c1I. The van der Waals surface area contributed by atoms with Gasteiger partial charge in [0.25, 0.3) is 0 Å². The molecule has 2 aromatic carbocycles. The number of nitrogens with one attached hydrogen (secondary N) is 1. The standard InChI is InChI=1S/C18H11F4I3N2O7S/c1-4(28)26-14-11(23)6(12(24)15(13(14)25)27(3)5(2)29)18(30)34-16-7(19)9(21)17(35(31,32)33)10(22)8(16)20/h1-3H3,(H,26,28)(H,31,32,33). The van der Waals surface area contributed by atoms with E-state index in [9.17, 15) is 40.4 Å². The van der Waals surface area contributed by atoms with Crippen LogP contribution in [0, 0.1) is 34.0 Å². The zero-order valence-electron chi connectivity index (χ0n) is 17.4. The Labute approximate surface area is 236 Å². The van der Waals surface area contributed by atoms with Gasteiger partial charge in [0.1, 0.15) is 0 Å². The number of hydrogen-bond acceptors (Lipinski definition) is 6. The van der Waals surface area contributed by atoms with Crippen LogP contribution in [-0.2, 0) is 19.7 Å². The predicted molar refractivity (Wildman–Crippen MR) is 139 cm³/mol. The van der Waals surface area contributed by atoms with Crippen LogP contribution in [0.4, 0.5) is 28.9 Å². The minimum absolute atomic E-state index is 0.00591. The summed E-state index contributed by atoms with van der Waals surface area (Å²) in [6.07, 6.45) is 0. The third kappa shape index (κ3) is 5.82. The number of nitrogens with zero attached hydrogens (tertiary/aromatic N) is 1. The summed E-state index contributed by atoms with van der Waals surface area (Å²) in [5, 5.41) is 2.46. The number of carbonyl (C=O) groups is 3. The number of amides is 2. The van der Waals surface area contributed by atoms with E-state index in [0.29, 0.717) is 3.57 Å². The van der Waals surface area contributed by atoms with Crippen molar-refractivity contribution < 1.29 is 49.7 Å². The molecule has 0 aliphatic carbocycles. The van der Waals surface area contributed by atoms with Gasteiger partial charge in [0, 0.05) is 20.9 Å². The molecule has 0 atom stereocenters. The first-order chi connectivity index (χ1) is 15.9. The van der Waals surface area contributed by atoms with Gasteiger partial charge in [-0.15, -0.1) is 0 Å². The Hall–Kier alpha value is -1.33. The van der Waals surface area contributed by atoms with Gasteiger partial charge < -0.3 is 15.0 Å². The first-order valence-corrected chi connectivity index (χ1v) is 13.4. The Morgan fingerprint density at radius 2 is 1.40 bits per heavy atom. The molecule has 2 aromatic rings. The van der Waals surface area contributed by atoms with E-state index >= 15 is 0 Å². The second kappa shape index (κ2) is 11.0. The molecular formula is C18H11F4I3N2O7S. The van der Waals surface area contributed by atoms with Gasteiger partial charge in [0.2, 0.25) is 29.2 Å². The quantitative estimate of drug-likeness (QED) is 0.114. The summed E-state index contributed by atoms with van der Waals surface area (Å²) >= 11 is 5.04. The molecule has 0 spiro atoms. The molecule has 9 nitrogen and oxygen atoms in total. The number of halogens is 7. The number of ether oxygens (including phenoxy) is 1. The molecule has 0 heterocycles.